The van der Waals surface area contributed by atoms with E-state index in [2.05, 4.69) is 5.32 Å². The largest absolute Gasteiger partial charge is 0.353 e. The number of thiocarbonyl (C=S) groups is 1. The Morgan fingerprint density at radius 3 is 2.70 bits per heavy atom. The number of nitrogens with one attached hydrogen (secondary N) is 1. The molecule has 27 heavy (non-hydrogen) atoms. The van der Waals surface area contributed by atoms with E-state index in [0.717, 1.165) is 18.4 Å². The number of thioether (sulfide) groups is 1. The minimum atomic E-state index is -0.117. The molecule has 4 nitrogen and oxygen atoms in total. The molecule has 142 valence electrons. The maximum Gasteiger partial charge on any atom is 0.266 e. The van der Waals surface area contributed by atoms with Crippen LogP contribution < -0.4 is 5.32 Å². The Labute approximate surface area is 170 Å². The molecule has 2 fully saturated rings. The number of allylic oxidation sites excluding steroid dienone is 2. The van der Waals surface area contributed by atoms with Crippen molar-refractivity contribution in [2.24, 2.45) is 0 Å². The minimum Gasteiger partial charge on any atom is -0.353 e. The van der Waals surface area contributed by atoms with Crippen molar-refractivity contribution in [2.45, 2.75) is 44.6 Å². The second-order valence-corrected chi connectivity index (χ2v) is 8.45. The van der Waals surface area contributed by atoms with Crippen molar-refractivity contribution in [2.75, 3.05) is 6.54 Å². The van der Waals surface area contributed by atoms with E-state index < -0.39 is 0 Å². The summed E-state index contributed by atoms with van der Waals surface area (Å²) in [4.78, 5) is 26.8. The molecule has 1 aromatic rings. The third-order valence-electron chi connectivity index (χ3n) is 4.74. The zero-order valence-electron chi connectivity index (χ0n) is 15.2. The second kappa shape index (κ2) is 9.85. The van der Waals surface area contributed by atoms with Crippen molar-refractivity contribution in [1.82, 2.24) is 10.2 Å². The average Bonchev–Trinajstić information content (AvgIpc) is 2.95. The van der Waals surface area contributed by atoms with Gasteiger partial charge in [-0.15, -0.1) is 0 Å². The third-order valence-corrected chi connectivity index (χ3v) is 6.14. The fourth-order valence-corrected chi connectivity index (χ4v) is 4.54. The highest BCUT2D eigenvalue weighted by molar-refractivity contribution is 8.26. The Bertz CT molecular complexity index is 753. The highest BCUT2D eigenvalue weighted by Gasteiger charge is 2.31. The summed E-state index contributed by atoms with van der Waals surface area (Å²) >= 11 is 6.61. The lowest BCUT2D eigenvalue weighted by molar-refractivity contribution is -0.124. The first-order valence-electron chi connectivity index (χ1n) is 9.40. The van der Waals surface area contributed by atoms with Gasteiger partial charge in [-0.2, -0.15) is 0 Å². The second-order valence-electron chi connectivity index (χ2n) is 6.78. The molecule has 1 aromatic carbocycles. The van der Waals surface area contributed by atoms with E-state index in [-0.39, 0.29) is 18.2 Å². The van der Waals surface area contributed by atoms with Gasteiger partial charge in [0.15, 0.2) is 0 Å². The van der Waals surface area contributed by atoms with Crippen LogP contribution in [0, 0.1) is 0 Å². The normalized spacial score (nSPS) is 20.0. The van der Waals surface area contributed by atoms with Crippen LogP contribution in [-0.4, -0.2) is 33.6 Å². The van der Waals surface area contributed by atoms with E-state index in [4.69, 9.17) is 12.2 Å². The first kappa shape index (κ1) is 19.8. The standard InChI is InChI=1S/C21H24N2O2S2/c24-19(22-17-11-5-2-6-12-17)14-15-23-20(25)18(27-21(23)26)13-7-10-16-8-3-1-4-9-16/h1,3-4,7-10,13,17H,2,5-6,11-12,14-15H2,(H,22,24)/b10-7+,18-13-. The van der Waals surface area contributed by atoms with E-state index in [1.807, 2.05) is 42.5 Å². The molecule has 3 rings (SSSR count). The Kier molecular flexibility index (Phi) is 7.24. The van der Waals surface area contributed by atoms with E-state index in [9.17, 15) is 9.59 Å². The summed E-state index contributed by atoms with van der Waals surface area (Å²) in [5.74, 6) is -0.114. The van der Waals surface area contributed by atoms with Crippen LogP contribution >= 0.6 is 24.0 Å². The van der Waals surface area contributed by atoms with Gasteiger partial charge in [-0.3, -0.25) is 14.5 Å². The van der Waals surface area contributed by atoms with Crippen molar-refractivity contribution >= 4 is 46.2 Å². The molecule has 1 saturated carbocycles. The summed E-state index contributed by atoms with van der Waals surface area (Å²) < 4.78 is 0.518. The molecule has 0 bridgehead atoms. The number of hydrogen-bond acceptors (Lipinski definition) is 4. The number of carbonyl (C=O) groups is 2. The molecular formula is C21H24N2O2S2. The maximum absolute atomic E-state index is 12.5. The Morgan fingerprint density at radius 1 is 1.22 bits per heavy atom. The van der Waals surface area contributed by atoms with Gasteiger partial charge >= 0.3 is 0 Å². The molecule has 0 spiro atoms. The van der Waals surface area contributed by atoms with E-state index >= 15 is 0 Å². The molecule has 2 amide bonds. The van der Waals surface area contributed by atoms with Gasteiger partial charge in [0.2, 0.25) is 5.91 Å². The number of amides is 2. The number of nitrogens with zero attached hydrogens (tertiary/aromatic N) is 1. The molecule has 6 heteroatoms. The van der Waals surface area contributed by atoms with E-state index in [1.165, 1.54) is 35.9 Å². The first-order valence-corrected chi connectivity index (χ1v) is 10.6. The number of carbonyl (C=O) groups excluding carboxylic acids is 2. The van der Waals surface area contributed by atoms with Crippen LogP contribution in [0.15, 0.2) is 47.4 Å². The van der Waals surface area contributed by atoms with Gasteiger partial charge in [0.05, 0.1) is 4.91 Å². The molecule has 2 aliphatic rings. The summed E-state index contributed by atoms with van der Waals surface area (Å²) in [7, 11) is 0. The number of hydrogen-bond donors (Lipinski definition) is 1. The van der Waals surface area contributed by atoms with Crippen LogP contribution in [-0.2, 0) is 9.59 Å². The maximum atomic E-state index is 12.5. The highest BCUT2D eigenvalue weighted by atomic mass is 32.2. The van der Waals surface area contributed by atoms with Crippen molar-refractivity contribution in [3.8, 4) is 0 Å². The molecule has 0 aromatic heterocycles. The van der Waals surface area contributed by atoms with Gasteiger partial charge in [0.25, 0.3) is 5.91 Å². The van der Waals surface area contributed by atoms with Crippen LogP contribution in [0.5, 0.6) is 0 Å². The van der Waals surface area contributed by atoms with Crippen LogP contribution in [0.1, 0.15) is 44.1 Å². The van der Waals surface area contributed by atoms with Gasteiger partial charge in [-0.25, -0.2) is 0 Å². The van der Waals surface area contributed by atoms with Crippen LogP contribution in [0.4, 0.5) is 0 Å². The smallest absolute Gasteiger partial charge is 0.266 e. The van der Waals surface area contributed by atoms with Crippen molar-refractivity contribution in [1.29, 1.82) is 0 Å². The fraction of sp³-hybridized carbons (Fsp3) is 0.381. The monoisotopic (exact) mass is 400 g/mol. The van der Waals surface area contributed by atoms with Crippen LogP contribution in [0.3, 0.4) is 0 Å². The highest BCUT2D eigenvalue weighted by Crippen LogP contribution is 2.31. The lowest BCUT2D eigenvalue weighted by atomic mass is 9.95. The van der Waals surface area contributed by atoms with Gasteiger partial charge in [-0.05, 0) is 24.5 Å². The Morgan fingerprint density at radius 2 is 1.96 bits per heavy atom. The van der Waals surface area contributed by atoms with E-state index in [0.29, 0.717) is 21.8 Å². The SMILES string of the molecule is O=C(CCN1C(=O)/C(=C/C=C/c2ccccc2)SC1=S)NC1CCCCC1. The van der Waals surface area contributed by atoms with Gasteiger partial charge in [0.1, 0.15) is 4.32 Å². The van der Waals surface area contributed by atoms with Crippen molar-refractivity contribution < 1.29 is 9.59 Å². The molecule has 1 aliphatic carbocycles. The summed E-state index contributed by atoms with van der Waals surface area (Å²) in [6.45, 7) is 0.336. The molecule has 1 heterocycles. The topological polar surface area (TPSA) is 49.4 Å². The van der Waals surface area contributed by atoms with Crippen molar-refractivity contribution in [3.05, 3.63) is 53.0 Å². The molecule has 1 N–H and O–H groups in total. The Hall–Kier alpha value is -1.92. The fourth-order valence-electron chi connectivity index (χ4n) is 3.28. The Balaban J connectivity index is 1.50. The number of rotatable bonds is 6. The summed E-state index contributed by atoms with van der Waals surface area (Å²) in [5, 5.41) is 3.08. The number of benzene rings is 1. The summed E-state index contributed by atoms with van der Waals surface area (Å²) in [5.41, 5.74) is 1.07. The van der Waals surface area contributed by atoms with E-state index in [1.54, 1.807) is 6.08 Å². The quantitative estimate of drug-likeness (QED) is 0.572. The van der Waals surface area contributed by atoms with Gasteiger partial charge in [0, 0.05) is 19.0 Å². The molecular weight excluding hydrogens is 376 g/mol. The summed E-state index contributed by atoms with van der Waals surface area (Å²) in [6.07, 6.45) is 11.6. The van der Waals surface area contributed by atoms with Crippen LogP contribution in [0.2, 0.25) is 0 Å². The van der Waals surface area contributed by atoms with Crippen LogP contribution in [0.25, 0.3) is 6.08 Å². The lowest BCUT2D eigenvalue weighted by Crippen LogP contribution is -2.39. The lowest BCUT2D eigenvalue weighted by Gasteiger charge is -2.23. The zero-order chi connectivity index (χ0) is 19.1. The molecule has 1 aliphatic heterocycles. The summed E-state index contributed by atoms with van der Waals surface area (Å²) in [6, 6.07) is 10.2. The van der Waals surface area contributed by atoms with Gasteiger partial charge in [-0.1, -0.05) is 85.7 Å². The minimum absolute atomic E-state index is 0.00361. The predicted molar refractivity (Wildman–Crippen MR) is 115 cm³/mol. The molecule has 0 unspecified atom stereocenters. The molecule has 0 atom stereocenters. The molecule has 1 saturated heterocycles. The zero-order valence-corrected chi connectivity index (χ0v) is 16.9. The molecule has 0 radical (unpaired) electrons. The predicted octanol–water partition coefficient (Wildman–Crippen LogP) is 4.28. The van der Waals surface area contributed by atoms with Gasteiger partial charge < -0.3 is 5.32 Å². The van der Waals surface area contributed by atoms with Crippen molar-refractivity contribution in [3.63, 3.8) is 0 Å². The third kappa shape index (κ3) is 5.78. The average molecular weight is 401 g/mol. The first-order chi connectivity index (χ1) is 13.1.